The van der Waals surface area contributed by atoms with Crippen LogP contribution in [0, 0.1) is 0 Å². The van der Waals surface area contributed by atoms with Crippen molar-refractivity contribution in [1.82, 2.24) is 14.5 Å². The molecule has 0 spiro atoms. The summed E-state index contributed by atoms with van der Waals surface area (Å²) in [5.74, 6) is 0.838. The number of furan rings is 1. The Morgan fingerprint density at radius 3 is 2.45 bits per heavy atom. The van der Waals surface area contributed by atoms with Crippen molar-refractivity contribution in [3.05, 3.63) is 82.3 Å². The van der Waals surface area contributed by atoms with E-state index in [0.29, 0.717) is 37.8 Å². The molecule has 1 amide bonds. The van der Waals surface area contributed by atoms with E-state index in [1.807, 2.05) is 4.90 Å². The van der Waals surface area contributed by atoms with E-state index in [0.717, 1.165) is 12.3 Å². The Bertz CT molecular complexity index is 1110. The van der Waals surface area contributed by atoms with Crippen LogP contribution in [0.4, 0.5) is 19.0 Å². The van der Waals surface area contributed by atoms with Crippen LogP contribution in [0.3, 0.4) is 0 Å². The molecule has 4 rings (SSSR count). The summed E-state index contributed by atoms with van der Waals surface area (Å²) in [6, 6.07) is 10.4. The van der Waals surface area contributed by atoms with E-state index in [9.17, 15) is 22.8 Å². The number of pyridine rings is 2. The van der Waals surface area contributed by atoms with Gasteiger partial charge in [-0.3, -0.25) is 9.59 Å². The Morgan fingerprint density at radius 1 is 1.03 bits per heavy atom. The van der Waals surface area contributed by atoms with Crippen molar-refractivity contribution in [3.63, 3.8) is 0 Å². The number of hydrogen-bond acceptors (Lipinski definition) is 5. The predicted octanol–water partition coefficient (Wildman–Crippen LogP) is 2.87. The van der Waals surface area contributed by atoms with Gasteiger partial charge in [0.1, 0.15) is 11.6 Å². The maximum atomic E-state index is 12.7. The van der Waals surface area contributed by atoms with Crippen molar-refractivity contribution in [2.24, 2.45) is 0 Å². The van der Waals surface area contributed by atoms with Gasteiger partial charge in [0.15, 0.2) is 5.76 Å². The van der Waals surface area contributed by atoms with E-state index in [2.05, 4.69) is 4.98 Å². The maximum Gasteiger partial charge on any atom is 0.417 e. The molecule has 7 nitrogen and oxygen atoms in total. The van der Waals surface area contributed by atoms with Crippen LogP contribution in [0.25, 0.3) is 0 Å². The molecule has 0 aromatic carbocycles. The molecule has 4 heterocycles. The van der Waals surface area contributed by atoms with Crippen LogP contribution in [0.15, 0.2) is 64.1 Å². The highest BCUT2D eigenvalue weighted by Crippen LogP contribution is 2.29. The zero-order valence-corrected chi connectivity index (χ0v) is 16.4. The van der Waals surface area contributed by atoms with Gasteiger partial charge in [0, 0.05) is 44.6 Å². The second kappa shape index (κ2) is 8.29. The molecule has 0 unspecified atom stereocenters. The number of aromatic nitrogens is 2. The van der Waals surface area contributed by atoms with Gasteiger partial charge < -0.3 is 18.8 Å². The molecule has 0 bridgehead atoms. The SMILES string of the molecule is O=C(c1ccc(Cn2ccccc2=O)o1)N1CCN(c2ccc(C(F)(F)F)cn2)CC1. The van der Waals surface area contributed by atoms with Crippen LogP contribution in [0.5, 0.6) is 0 Å². The van der Waals surface area contributed by atoms with Gasteiger partial charge in [-0.1, -0.05) is 6.07 Å². The smallest absolute Gasteiger partial charge is 0.417 e. The zero-order valence-electron chi connectivity index (χ0n) is 16.4. The molecule has 1 aliphatic heterocycles. The van der Waals surface area contributed by atoms with Crippen molar-refractivity contribution in [2.45, 2.75) is 12.7 Å². The van der Waals surface area contributed by atoms with Gasteiger partial charge in [-0.2, -0.15) is 13.2 Å². The van der Waals surface area contributed by atoms with Gasteiger partial charge in [0.2, 0.25) is 0 Å². The molecule has 0 radical (unpaired) electrons. The molecule has 1 saturated heterocycles. The van der Waals surface area contributed by atoms with Gasteiger partial charge in [-0.15, -0.1) is 0 Å². The molecule has 31 heavy (non-hydrogen) atoms. The largest absolute Gasteiger partial charge is 0.454 e. The molecule has 0 N–H and O–H groups in total. The molecule has 3 aromatic heterocycles. The fraction of sp³-hybridized carbons (Fsp3) is 0.286. The van der Waals surface area contributed by atoms with Gasteiger partial charge in [0.05, 0.1) is 12.1 Å². The summed E-state index contributed by atoms with van der Waals surface area (Å²) >= 11 is 0. The van der Waals surface area contributed by atoms with Crippen LogP contribution in [-0.4, -0.2) is 46.5 Å². The normalized spacial score (nSPS) is 14.7. The molecule has 1 fully saturated rings. The van der Waals surface area contributed by atoms with Crippen molar-refractivity contribution in [1.29, 1.82) is 0 Å². The number of carbonyl (C=O) groups excluding carboxylic acids is 1. The zero-order chi connectivity index (χ0) is 22.0. The fourth-order valence-electron chi connectivity index (χ4n) is 3.37. The van der Waals surface area contributed by atoms with Gasteiger partial charge >= 0.3 is 6.18 Å². The third-order valence-corrected chi connectivity index (χ3v) is 5.06. The lowest BCUT2D eigenvalue weighted by Crippen LogP contribution is -2.49. The number of hydrogen-bond donors (Lipinski definition) is 0. The van der Waals surface area contributed by atoms with Crippen molar-refractivity contribution in [3.8, 4) is 0 Å². The van der Waals surface area contributed by atoms with Crippen molar-refractivity contribution in [2.75, 3.05) is 31.1 Å². The fourth-order valence-corrected chi connectivity index (χ4v) is 3.37. The molecular formula is C21H19F3N4O3. The summed E-state index contributed by atoms with van der Waals surface area (Å²) in [5.41, 5.74) is -0.962. The minimum absolute atomic E-state index is 0.167. The molecule has 0 aliphatic carbocycles. The molecule has 3 aromatic rings. The molecule has 0 saturated carbocycles. The first-order valence-corrected chi connectivity index (χ1v) is 9.63. The third kappa shape index (κ3) is 4.62. The summed E-state index contributed by atoms with van der Waals surface area (Å²) in [4.78, 5) is 31.9. The van der Waals surface area contributed by atoms with Crippen molar-refractivity contribution >= 4 is 11.7 Å². The first-order valence-electron chi connectivity index (χ1n) is 9.63. The summed E-state index contributed by atoms with van der Waals surface area (Å²) in [5, 5.41) is 0. The third-order valence-electron chi connectivity index (χ3n) is 5.06. The standard InChI is InChI=1S/C21H19F3N4O3/c22-21(23,24)15-4-7-18(25-13-15)26-9-11-27(12-10-26)20(30)17-6-5-16(31-17)14-28-8-2-1-3-19(28)29/h1-8,13H,9-12,14H2. The predicted molar refractivity (Wildman–Crippen MR) is 106 cm³/mol. The Hall–Kier alpha value is -3.56. The monoisotopic (exact) mass is 432 g/mol. The first-order chi connectivity index (χ1) is 14.8. The van der Waals surface area contributed by atoms with Crippen LogP contribution in [0.2, 0.25) is 0 Å². The Morgan fingerprint density at radius 2 is 1.81 bits per heavy atom. The average molecular weight is 432 g/mol. The van der Waals surface area contributed by atoms with E-state index in [1.165, 1.54) is 16.7 Å². The Kier molecular flexibility index (Phi) is 5.53. The number of rotatable bonds is 4. The summed E-state index contributed by atoms with van der Waals surface area (Å²) in [7, 11) is 0. The lowest BCUT2D eigenvalue weighted by atomic mass is 10.2. The van der Waals surface area contributed by atoms with Gasteiger partial charge in [0.25, 0.3) is 11.5 Å². The summed E-state index contributed by atoms with van der Waals surface area (Å²) in [6.45, 7) is 1.87. The topological polar surface area (TPSA) is 71.6 Å². The first kappa shape index (κ1) is 20.7. The van der Waals surface area contributed by atoms with Crippen LogP contribution in [0.1, 0.15) is 21.9 Å². The molecule has 162 valence electrons. The Balaban J connectivity index is 1.36. The van der Waals surface area contributed by atoms with E-state index >= 15 is 0 Å². The van der Waals surface area contributed by atoms with E-state index in [4.69, 9.17) is 4.42 Å². The molecule has 10 heteroatoms. The van der Waals surface area contributed by atoms with E-state index in [1.54, 1.807) is 35.4 Å². The summed E-state index contributed by atoms with van der Waals surface area (Å²) in [6.07, 6.45) is -1.97. The average Bonchev–Trinajstić information content (AvgIpc) is 3.23. The van der Waals surface area contributed by atoms with Gasteiger partial charge in [-0.25, -0.2) is 4.98 Å². The van der Waals surface area contributed by atoms with E-state index in [-0.39, 0.29) is 23.8 Å². The number of nitrogens with zero attached hydrogens (tertiary/aromatic N) is 4. The van der Waals surface area contributed by atoms with Crippen LogP contribution < -0.4 is 10.5 Å². The molecular weight excluding hydrogens is 413 g/mol. The van der Waals surface area contributed by atoms with Crippen LogP contribution >= 0.6 is 0 Å². The maximum absolute atomic E-state index is 12.7. The lowest BCUT2D eigenvalue weighted by Gasteiger charge is -2.35. The lowest BCUT2D eigenvalue weighted by molar-refractivity contribution is -0.137. The molecule has 1 aliphatic rings. The summed E-state index contributed by atoms with van der Waals surface area (Å²) < 4.78 is 45.2. The highest BCUT2D eigenvalue weighted by molar-refractivity contribution is 5.91. The van der Waals surface area contributed by atoms with E-state index < -0.39 is 11.7 Å². The van der Waals surface area contributed by atoms with Crippen molar-refractivity contribution < 1.29 is 22.4 Å². The highest BCUT2D eigenvalue weighted by Gasteiger charge is 2.31. The minimum Gasteiger partial charge on any atom is -0.454 e. The number of anilines is 1. The Labute approximate surface area is 175 Å². The minimum atomic E-state index is -4.42. The number of carbonyl (C=O) groups is 1. The quantitative estimate of drug-likeness (QED) is 0.634. The second-order valence-electron chi connectivity index (χ2n) is 7.11. The highest BCUT2D eigenvalue weighted by atomic mass is 19.4. The van der Waals surface area contributed by atoms with Crippen LogP contribution in [-0.2, 0) is 12.7 Å². The second-order valence-corrected chi connectivity index (χ2v) is 7.11. The number of alkyl halides is 3. The number of amides is 1. The number of halogens is 3. The van der Waals surface area contributed by atoms with Gasteiger partial charge in [-0.05, 0) is 30.3 Å². The number of piperazine rings is 1. The molecule has 0 atom stereocenters.